The summed E-state index contributed by atoms with van der Waals surface area (Å²) < 4.78 is 38.3. The Kier molecular flexibility index (Phi) is 5.15. The number of thioether (sulfide) groups is 1. The minimum Gasteiger partial charge on any atom is -0.302 e. The first-order valence-corrected chi connectivity index (χ1v) is 6.29. The van der Waals surface area contributed by atoms with Gasteiger partial charge in [0.05, 0.1) is 0 Å². The van der Waals surface area contributed by atoms with Gasteiger partial charge in [-0.15, -0.1) is 0 Å². The van der Waals surface area contributed by atoms with Gasteiger partial charge >= 0.3 is 6.18 Å². The van der Waals surface area contributed by atoms with Crippen LogP contribution in [0.5, 0.6) is 0 Å². The van der Waals surface area contributed by atoms with E-state index in [9.17, 15) is 13.2 Å². The van der Waals surface area contributed by atoms with Crippen LogP contribution in [0.2, 0.25) is 0 Å². The molecule has 0 saturated heterocycles. The SMILES string of the molecule is CSCCNC(c1ccccc1)C(F)(F)F. The quantitative estimate of drug-likeness (QED) is 0.804. The van der Waals surface area contributed by atoms with E-state index >= 15 is 0 Å². The van der Waals surface area contributed by atoms with E-state index in [4.69, 9.17) is 0 Å². The van der Waals surface area contributed by atoms with Crippen LogP contribution in [-0.2, 0) is 0 Å². The highest BCUT2D eigenvalue weighted by atomic mass is 32.2. The molecule has 0 bridgehead atoms. The molecule has 0 saturated carbocycles. The second-order valence-electron chi connectivity index (χ2n) is 3.33. The van der Waals surface area contributed by atoms with E-state index in [1.54, 1.807) is 18.2 Å². The summed E-state index contributed by atoms with van der Waals surface area (Å²) in [4.78, 5) is 0. The molecule has 0 aromatic heterocycles. The van der Waals surface area contributed by atoms with Crippen LogP contribution in [0.3, 0.4) is 0 Å². The molecule has 1 rings (SSSR count). The number of alkyl halides is 3. The first kappa shape index (κ1) is 13.4. The molecule has 0 spiro atoms. The third kappa shape index (κ3) is 4.06. The van der Waals surface area contributed by atoms with Crippen LogP contribution in [0.4, 0.5) is 13.2 Å². The van der Waals surface area contributed by atoms with E-state index in [0.717, 1.165) is 0 Å². The molecule has 1 unspecified atom stereocenters. The Morgan fingerprint density at radius 1 is 1.25 bits per heavy atom. The third-order valence-corrected chi connectivity index (χ3v) is 2.73. The van der Waals surface area contributed by atoms with Crippen LogP contribution in [0.1, 0.15) is 11.6 Å². The largest absolute Gasteiger partial charge is 0.407 e. The van der Waals surface area contributed by atoms with Crippen molar-refractivity contribution < 1.29 is 13.2 Å². The first-order valence-electron chi connectivity index (χ1n) is 4.89. The van der Waals surface area contributed by atoms with Crippen molar-refractivity contribution in [2.24, 2.45) is 0 Å². The smallest absolute Gasteiger partial charge is 0.302 e. The van der Waals surface area contributed by atoms with Crippen molar-refractivity contribution in [1.29, 1.82) is 0 Å². The summed E-state index contributed by atoms with van der Waals surface area (Å²) in [6, 6.07) is 6.35. The van der Waals surface area contributed by atoms with Gasteiger partial charge in [0.15, 0.2) is 0 Å². The van der Waals surface area contributed by atoms with Crippen molar-refractivity contribution >= 4 is 11.8 Å². The lowest BCUT2D eigenvalue weighted by atomic mass is 10.1. The molecule has 0 aliphatic heterocycles. The molecular weight excluding hydrogens is 235 g/mol. The van der Waals surface area contributed by atoms with Crippen molar-refractivity contribution in [2.45, 2.75) is 12.2 Å². The molecule has 1 atom stereocenters. The zero-order valence-electron chi connectivity index (χ0n) is 8.92. The van der Waals surface area contributed by atoms with Crippen molar-refractivity contribution in [3.8, 4) is 0 Å². The van der Waals surface area contributed by atoms with Gasteiger partial charge in [0.25, 0.3) is 0 Å². The number of hydrogen-bond donors (Lipinski definition) is 1. The van der Waals surface area contributed by atoms with E-state index in [1.807, 2.05) is 6.26 Å². The van der Waals surface area contributed by atoms with E-state index in [2.05, 4.69) is 5.32 Å². The maximum Gasteiger partial charge on any atom is 0.407 e. The molecule has 1 aromatic rings. The van der Waals surface area contributed by atoms with Gasteiger partial charge in [-0.1, -0.05) is 30.3 Å². The minimum absolute atomic E-state index is 0.260. The Hall–Kier alpha value is -0.680. The van der Waals surface area contributed by atoms with Crippen molar-refractivity contribution in [2.75, 3.05) is 18.6 Å². The lowest BCUT2D eigenvalue weighted by Crippen LogP contribution is -2.35. The van der Waals surface area contributed by atoms with Gasteiger partial charge in [-0.2, -0.15) is 24.9 Å². The second-order valence-corrected chi connectivity index (χ2v) is 4.32. The molecule has 0 heterocycles. The molecule has 0 radical (unpaired) electrons. The summed E-state index contributed by atoms with van der Waals surface area (Å²) in [5.41, 5.74) is 0.260. The van der Waals surface area contributed by atoms with Gasteiger partial charge in [0.2, 0.25) is 0 Å². The predicted octanol–water partition coefficient (Wildman–Crippen LogP) is 3.24. The van der Waals surface area contributed by atoms with Crippen molar-refractivity contribution in [3.63, 3.8) is 0 Å². The number of nitrogens with one attached hydrogen (secondary N) is 1. The fourth-order valence-electron chi connectivity index (χ4n) is 1.37. The first-order chi connectivity index (χ1) is 7.55. The van der Waals surface area contributed by atoms with Crippen LogP contribution < -0.4 is 5.32 Å². The van der Waals surface area contributed by atoms with Crippen LogP contribution in [0.25, 0.3) is 0 Å². The average Bonchev–Trinajstić information content (AvgIpc) is 2.24. The second kappa shape index (κ2) is 6.15. The Bertz CT molecular complexity index is 300. The highest BCUT2D eigenvalue weighted by Gasteiger charge is 2.40. The Morgan fingerprint density at radius 3 is 2.38 bits per heavy atom. The van der Waals surface area contributed by atoms with Crippen molar-refractivity contribution in [1.82, 2.24) is 5.32 Å². The Balaban J connectivity index is 2.73. The molecule has 5 heteroatoms. The molecule has 0 aliphatic rings. The molecular formula is C11H14F3NS. The Morgan fingerprint density at radius 2 is 1.88 bits per heavy atom. The average molecular weight is 249 g/mol. The zero-order chi connectivity index (χ0) is 12.0. The number of benzene rings is 1. The number of hydrogen-bond acceptors (Lipinski definition) is 2. The van der Waals surface area contributed by atoms with Crippen LogP contribution in [-0.4, -0.2) is 24.7 Å². The summed E-state index contributed by atoms with van der Waals surface area (Å²) in [5.74, 6) is 0.666. The molecule has 1 N–H and O–H groups in total. The standard InChI is InChI=1S/C11H14F3NS/c1-16-8-7-15-10(11(12,13)14)9-5-3-2-4-6-9/h2-6,10,15H,7-8H2,1H3. The van der Waals surface area contributed by atoms with Gasteiger partial charge in [-0.3, -0.25) is 0 Å². The molecule has 0 amide bonds. The lowest BCUT2D eigenvalue weighted by molar-refractivity contribution is -0.157. The predicted molar refractivity (Wildman–Crippen MR) is 61.6 cm³/mol. The summed E-state index contributed by atoms with van der Waals surface area (Å²) in [6.45, 7) is 0.347. The van der Waals surface area contributed by atoms with Crippen molar-refractivity contribution in [3.05, 3.63) is 35.9 Å². The highest BCUT2D eigenvalue weighted by molar-refractivity contribution is 7.98. The van der Waals surface area contributed by atoms with Gasteiger partial charge in [0.1, 0.15) is 6.04 Å². The maximum atomic E-state index is 12.8. The van der Waals surface area contributed by atoms with E-state index < -0.39 is 12.2 Å². The van der Waals surface area contributed by atoms with Gasteiger partial charge in [-0.25, -0.2) is 0 Å². The molecule has 0 fully saturated rings. The summed E-state index contributed by atoms with van der Waals surface area (Å²) in [6.07, 6.45) is -2.38. The van der Waals surface area contributed by atoms with Crippen LogP contribution in [0.15, 0.2) is 30.3 Å². The van der Waals surface area contributed by atoms with E-state index in [0.29, 0.717) is 12.3 Å². The zero-order valence-corrected chi connectivity index (χ0v) is 9.74. The van der Waals surface area contributed by atoms with Gasteiger partial charge in [0, 0.05) is 12.3 Å². The Labute approximate surface area is 97.4 Å². The van der Waals surface area contributed by atoms with Gasteiger partial charge < -0.3 is 5.32 Å². The lowest BCUT2D eigenvalue weighted by Gasteiger charge is -2.21. The number of halogens is 3. The summed E-state index contributed by atoms with van der Waals surface area (Å²) >= 11 is 1.52. The normalized spacial score (nSPS) is 13.8. The minimum atomic E-state index is -4.25. The highest BCUT2D eigenvalue weighted by Crippen LogP contribution is 2.32. The monoisotopic (exact) mass is 249 g/mol. The van der Waals surface area contributed by atoms with Crippen LogP contribution >= 0.6 is 11.8 Å². The van der Waals surface area contributed by atoms with Crippen LogP contribution in [0, 0.1) is 0 Å². The molecule has 90 valence electrons. The topological polar surface area (TPSA) is 12.0 Å². The molecule has 1 nitrogen and oxygen atoms in total. The number of rotatable bonds is 5. The summed E-state index contributed by atoms with van der Waals surface area (Å²) in [7, 11) is 0. The molecule has 1 aromatic carbocycles. The molecule has 16 heavy (non-hydrogen) atoms. The van der Waals surface area contributed by atoms with E-state index in [-0.39, 0.29) is 5.56 Å². The molecule has 0 aliphatic carbocycles. The third-order valence-electron chi connectivity index (χ3n) is 2.11. The van der Waals surface area contributed by atoms with Gasteiger partial charge in [-0.05, 0) is 11.8 Å². The maximum absolute atomic E-state index is 12.8. The fraction of sp³-hybridized carbons (Fsp3) is 0.455. The van der Waals surface area contributed by atoms with E-state index in [1.165, 1.54) is 23.9 Å². The summed E-state index contributed by atoms with van der Waals surface area (Å²) in [5, 5.41) is 2.53. The fourth-order valence-corrected chi connectivity index (χ4v) is 1.70.